The van der Waals surface area contributed by atoms with Crippen LogP contribution >= 0.6 is 23.4 Å². The standard InChI is InChI=1S/C31H37ClN4O2S/c1-5-36-27-20-26(32)23(18-25(27)22(2)21-31(36,3)4)19-28-29(37)35(13-9-12-34-14-16-38-17-15-34)30(39-28)33-24-10-7-6-8-11-24/h6-8,10-11,18-21H,5,9,12-17H2,1-4H3/b28-19+,33-30?. The summed E-state index contributed by atoms with van der Waals surface area (Å²) in [6, 6.07) is 14.0. The number of halogens is 1. The molecule has 0 aromatic heterocycles. The Hall–Kier alpha value is -2.58. The molecule has 1 amide bonds. The van der Waals surface area contributed by atoms with Gasteiger partial charge in [0.1, 0.15) is 0 Å². The van der Waals surface area contributed by atoms with E-state index < -0.39 is 0 Å². The van der Waals surface area contributed by atoms with Gasteiger partial charge in [-0.05, 0) is 87.4 Å². The van der Waals surface area contributed by atoms with Gasteiger partial charge in [0.15, 0.2) is 5.17 Å². The Kier molecular flexibility index (Phi) is 8.52. The molecule has 6 nitrogen and oxygen atoms in total. The lowest BCUT2D eigenvalue weighted by Crippen LogP contribution is -2.44. The highest BCUT2D eigenvalue weighted by Crippen LogP contribution is 2.43. The number of fused-ring (bicyclic) bond motifs is 1. The Labute approximate surface area is 241 Å². The monoisotopic (exact) mass is 564 g/mol. The zero-order valence-electron chi connectivity index (χ0n) is 23.2. The molecular weight excluding hydrogens is 528 g/mol. The van der Waals surface area contributed by atoms with Gasteiger partial charge in [0.25, 0.3) is 5.91 Å². The quantitative estimate of drug-likeness (QED) is 0.351. The van der Waals surface area contributed by atoms with Crippen LogP contribution in [0.1, 0.15) is 45.2 Å². The summed E-state index contributed by atoms with van der Waals surface area (Å²) in [6.45, 7) is 14.6. The number of carbonyl (C=O) groups is 1. The second-order valence-corrected chi connectivity index (χ2v) is 12.1. The van der Waals surface area contributed by atoms with Gasteiger partial charge in [0, 0.05) is 49.0 Å². The van der Waals surface area contributed by atoms with Crippen molar-refractivity contribution >= 4 is 57.5 Å². The van der Waals surface area contributed by atoms with Crippen LogP contribution in [-0.4, -0.2) is 72.4 Å². The summed E-state index contributed by atoms with van der Waals surface area (Å²) >= 11 is 8.28. The number of amidine groups is 1. The first kappa shape index (κ1) is 28.0. The first-order valence-electron chi connectivity index (χ1n) is 13.7. The molecule has 5 rings (SSSR count). The maximum atomic E-state index is 13.7. The Morgan fingerprint density at radius 1 is 1.13 bits per heavy atom. The smallest absolute Gasteiger partial charge is 0.266 e. The van der Waals surface area contributed by atoms with Crippen LogP contribution in [-0.2, 0) is 9.53 Å². The third-order valence-corrected chi connectivity index (χ3v) is 8.86. The molecule has 0 radical (unpaired) electrons. The van der Waals surface area contributed by atoms with Gasteiger partial charge in [-0.3, -0.25) is 14.6 Å². The topological polar surface area (TPSA) is 48.4 Å². The fourth-order valence-electron chi connectivity index (χ4n) is 5.62. The number of likely N-dealkylation sites (N-methyl/N-ethyl adjacent to an activating group) is 1. The fraction of sp³-hybridized carbons (Fsp3) is 0.419. The summed E-state index contributed by atoms with van der Waals surface area (Å²) in [4.78, 5) is 25.8. The number of nitrogens with zero attached hydrogens (tertiary/aromatic N) is 4. The number of morpholine rings is 1. The fourth-order valence-corrected chi connectivity index (χ4v) is 6.85. The van der Waals surface area contributed by atoms with E-state index in [2.05, 4.69) is 49.6 Å². The number of hydrogen-bond donors (Lipinski definition) is 0. The number of benzene rings is 2. The van der Waals surface area contributed by atoms with Crippen LogP contribution in [0, 0.1) is 0 Å². The second kappa shape index (κ2) is 11.9. The molecule has 0 N–H and O–H groups in total. The largest absolute Gasteiger partial charge is 0.379 e. The van der Waals surface area contributed by atoms with Crippen molar-refractivity contribution in [1.29, 1.82) is 0 Å². The molecule has 2 saturated heterocycles. The van der Waals surface area contributed by atoms with Crippen molar-refractivity contribution in [2.75, 3.05) is 50.8 Å². The van der Waals surface area contributed by atoms with Crippen LogP contribution in [0.25, 0.3) is 11.6 Å². The Balaban J connectivity index is 1.44. The number of ether oxygens (including phenoxy) is 1. The number of aliphatic imine (C=N–C) groups is 1. The molecule has 0 saturated carbocycles. The molecule has 39 heavy (non-hydrogen) atoms. The van der Waals surface area contributed by atoms with Gasteiger partial charge < -0.3 is 9.64 Å². The summed E-state index contributed by atoms with van der Waals surface area (Å²) in [5.41, 5.74) is 5.11. The third kappa shape index (κ3) is 6.12. The van der Waals surface area contributed by atoms with Crippen LogP contribution in [0.2, 0.25) is 5.02 Å². The molecule has 0 unspecified atom stereocenters. The zero-order valence-corrected chi connectivity index (χ0v) is 24.8. The summed E-state index contributed by atoms with van der Waals surface area (Å²) in [6.07, 6.45) is 5.11. The SMILES string of the molecule is CCN1c2cc(Cl)c(/C=C3/SC(=Nc4ccccc4)N(CCCN4CCOCC4)C3=O)cc2C(C)=CC1(C)C. The van der Waals surface area contributed by atoms with E-state index in [4.69, 9.17) is 21.3 Å². The molecule has 0 spiro atoms. The lowest BCUT2D eigenvalue weighted by molar-refractivity contribution is -0.122. The lowest BCUT2D eigenvalue weighted by Gasteiger charge is -2.43. The average Bonchev–Trinajstić information content (AvgIpc) is 3.19. The maximum Gasteiger partial charge on any atom is 0.266 e. The summed E-state index contributed by atoms with van der Waals surface area (Å²) in [7, 11) is 0. The van der Waals surface area contributed by atoms with Crippen molar-refractivity contribution in [2.24, 2.45) is 4.99 Å². The Bertz CT molecular complexity index is 1320. The van der Waals surface area contributed by atoms with Crippen LogP contribution in [0.15, 0.2) is 58.4 Å². The van der Waals surface area contributed by atoms with Gasteiger partial charge in [0.2, 0.25) is 0 Å². The molecule has 0 bridgehead atoms. The van der Waals surface area contributed by atoms with E-state index in [0.717, 1.165) is 68.3 Å². The second-order valence-electron chi connectivity index (χ2n) is 10.7. The summed E-state index contributed by atoms with van der Waals surface area (Å²) in [5.74, 6) is -0.0194. The van der Waals surface area contributed by atoms with E-state index in [1.807, 2.05) is 47.4 Å². The molecule has 8 heteroatoms. The molecule has 2 aromatic rings. The van der Waals surface area contributed by atoms with Gasteiger partial charge in [-0.2, -0.15) is 0 Å². The van der Waals surface area contributed by atoms with Gasteiger partial charge in [-0.1, -0.05) is 35.9 Å². The lowest BCUT2D eigenvalue weighted by atomic mass is 9.88. The van der Waals surface area contributed by atoms with Crippen LogP contribution in [0.4, 0.5) is 11.4 Å². The maximum absolute atomic E-state index is 13.7. The molecule has 3 heterocycles. The molecule has 0 atom stereocenters. The third-order valence-electron chi connectivity index (χ3n) is 7.53. The first-order valence-corrected chi connectivity index (χ1v) is 14.9. The predicted molar refractivity (Wildman–Crippen MR) is 165 cm³/mol. The molecule has 3 aliphatic rings. The van der Waals surface area contributed by atoms with E-state index in [1.165, 1.54) is 17.3 Å². The highest BCUT2D eigenvalue weighted by molar-refractivity contribution is 8.18. The minimum atomic E-state index is -0.0864. The molecule has 2 aromatic carbocycles. The minimum Gasteiger partial charge on any atom is -0.379 e. The number of anilines is 1. The van der Waals surface area contributed by atoms with Crippen LogP contribution < -0.4 is 4.90 Å². The van der Waals surface area contributed by atoms with E-state index in [9.17, 15) is 4.79 Å². The highest BCUT2D eigenvalue weighted by Gasteiger charge is 2.34. The van der Waals surface area contributed by atoms with E-state index in [1.54, 1.807) is 0 Å². The minimum absolute atomic E-state index is 0.0194. The number of amides is 1. The normalized spacial score (nSPS) is 21.6. The average molecular weight is 565 g/mol. The van der Waals surface area contributed by atoms with Gasteiger partial charge in [-0.25, -0.2) is 4.99 Å². The van der Waals surface area contributed by atoms with Crippen molar-refractivity contribution in [3.05, 3.63) is 69.6 Å². The van der Waals surface area contributed by atoms with Crippen molar-refractivity contribution in [2.45, 2.75) is 39.7 Å². The number of thioether (sulfide) groups is 1. The first-order chi connectivity index (χ1) is 18.8. The van der Waals surface area contributed by atoms with Crippen LogP contribution in [0.5, 0.6) is 0 Å². The van der Waals surface area contributed by atoms with Crippen LogP contribution in [0.3, 0.4) is 0 Å². The number of carbonyl (C=O) groups excluding carboxylic acids is 1. The number of rotatable bonds is 7. The highest BCUT2D eigenvalue weighted by atomic mass is 35.5. The van der Waals surface area contributed by atoms with E-state index >= 15 is 0 Å². The number of para-hydroxylation sites is 1. The molecule has 2 fully saturated rings. The van der Waals surface area contributed by atoms with E-state index in [0.29, 0.717) is 21.6 Å². The Morgan fingerprint density at radius 2 is 1.87 bits per heavy atom. The van der Waals surface area contributed by atoms with Gasteiger partial charge in [-0.15, -0.1) is 0 Å². The van der Waals surface area contributed by atoms with Crippen molar-refractivity contribution in [3.8, 4) is 0 Å². The molecule has 3 aliphatic heterocycles. The van der Waals surface area contributed by atoms with Crippen molar-refractivity contribution < 1.29 is 9.53 Å². The zero-order chi connectivity index (χ0) is 27.6. The summed E-state index contributed by atoms with van der Waals surface area (Å²) in [5, 5.41) is 1.36. The number of hydrogen-bond acceptors (Lipinski definition) is 6. The summed E-state index contributed by atoms with van der Waals surface area (Å²) < 4.78 is 5.47. The van der Waals surface area contributed by atoms with Gasteiger partial charge >= 0.3 is 0 Å². The molecule has 0 aliphatic carbocycles. The van der Waals surface area contributed by atoms with E-state index in [-0.39, 0.29) is 11.4 Å². The molecule has 206 valence electrons. The van der Waals surface area contributed by atoms with Crippen molar-refractivity contribution in [1.82, 2.24) is 9.80 Å². The molecular formula is C31H37ClN4O2S. The number of allylic oxidation sites excluding steroid dienone is 1. The Morgan fingerprint density at radius 3 is 2.59 bits per heavy atom. The van der Waals surface area contributed by atoms with Crippen molar-refractivity contribution in [3.63, 3.8) is 0 Å². The predicted octanol–water partition coefficient (Wildman–Crippen LogP) is 6.69. The van der Waals surface area contributed by atoms with Gasteiger partial charge in [0.05, 0.1) is 29.3 Å².